The average Bonchev–Trinajstić information content (AvgIpc) is 2.86. The van der Waals surface area contributed by atoms with E-state index in [0.717, 1.165) is 63.1 Å². The molecule has 0 aliphatic carbocycles. The molecule has 2 aromatic carbocycles. The maximum atomic E-state index is 13.4. The van der Waals surface area contributed by atoms with Gasteiger partial charge in [0.1, 0.15) is 0 Å². The van der Waals surface area contributed by atoms with Crippen LogP contribution in [0.2, 0.25) is 0 Å². The molecule has 0 saturated heterocycles. The second-order valence-corrected chi connectivity index (χ2v) is 10.7. The molecule has 0 fully saturated rings. The van der Waals surface area contributed by atoms with E-state index < -0.39 is 0 Å². The predicted octanol–water partition coefficient (Wildman–Crippen LogP) is 6.17. The molecule has 0 bridgehead atoms. The van der Waals surface area contributed by atoms with Gasteiger partial charge in [0, 0.05) is 44.9 Å². The molecule has 0 saturated carbocycles. The van der Waals surface area contributed by atoms with Crippen LogP contribution in [0.1, 0.15) is 80.8 Å². The Balaban J connectivity index is 1.86. The van der Waals surface area contributed by atoms with E-state index in [4.69, 9.17) is 0 Å². The van der Waals surface area contributed by atoms with Crippen molar-refractivity contribution in [3.8, 4) is 0 Å². The molecule has 5 heteroatoms. The first-order chi connectivity index (χ1) is 17.3. The Hall–Kier alpha value is -2.66. The van der Waals surface area contributed by atoms with Gasteiger partial charge in [0.2, 0.25) is 5.91 Å². The molecule has 1 heterocycles. The average molecular weight is 492 g/mol. The van der Waals surface area contributed by atoms with Gasteiger partial charge < -0.3 is 9.80 Å². The van der Waals surface area contributed by atoms with Crippen LogP contribution in [0.5, 0.6) is 0 Å². The quantitative estimate of drug-likeness (QED) is 0.465. The highest BCUT2D eigenvalue weighted by atomic mass is 16.2. The van der Waals surface area contributed by atoms with Gasteiger partial charge in [-0.3, -0.25) is 14.5 Å². The first-order valence-corrected chi connectivity index (χ1v) is 13.8. The number of hydrogen-bond donors (Lipinski definition) is 0. The largest absolute Gasteiger partial charge is 0.341 e. The van der Waals surface area contributed by atoms with Crippen molar-refractivity contribution < 1.29 is 9.59 Å². The van der Waals surface area contributed by atoms with Gasteiger partial charge in [0.05, 0.1) is 0 Å². The Morgan fingerprint density at radius 3 is 2.33 bits per heavy atom. The molecular formula is C31H45N3O2. The van der Waals surface area contributed by atoms with Gasteiger partial charge in [-0.2, -0.15) is 0 Å². The molecule has 2 amide bonds. The lowest BCUT2D eigenvalue weighted by atomic mass is 10.0. The molecule has 1 aliphatic heterocycles. The Labute approximate surface area is 218 Å². The van der Waals surface area contributed by atoms with Crippen molar-refractivity contribution in [2.24, 2.45) is 5.92 Å². The van der Waals surface area contributed by atoms with Crippen LogP contribution in [0, 0.1) is 5.92 Å². The lowest BCUT2D eigenvalue weighted by Gasteiger charge is -2.29. The number of fused-ring (bicyclic) bond motifs is 1. The number of nitrogens with zero attached hydrogens (tertiary/aromatic N) is 3. The van der Waals surface area contributed by atoms with E-state index in [9.17, 15) is 9.59 Å². The summed E-state index contributed by atoms with van der Waals surface area (Å²) in [4.78, 5) is 32.3. The summed E-state index contributed by atoms with van der Waals surface area (Å²) in [5.74, 6) is 0.745. The summed E-state index contributed by atoms with van der Waals surface area (Å²) in [5.41, 5.74) is 3.97. The van der Waals surface area contributed by atoms with Crippen LogP contribution < -0.4 is 4.90 Å². The van der Waals surface area contributed by atoms with Crippen LogP contribution in [0.4, 0.5) is 5.69 Å². The molecule has 0 aromatic heterocycles. The van der Waals surface area contributed by atoms with Gasteiger partial charge in [-0.05, 0) is 74.0 Å². The Bertz CT molecular complexity index is 973. The third kappa shape index (κ3) is 8.48. The van der Waals surface area contributed by atoms with E-state index in [1.165, 1.54) is 24.8 Å². The van der Waals surface area contributed by atoms with Gasteiger partial charge in [-0.25, -0.2) is 0 Å². The Kier molecular flexibility index (Phi) is 11.0. The van der Waals surface area contributed by atoms with E-state index in [1.54, 1.807) is 6.92 Å². The van der Waals surface area contributed by atoms with Crippen LogP contribution in [0.3, 0.4) is 0 Å². The number of carbonyl (C=O) groups excluding carboxylic acids is 2. The van der Waals surface area contributed by atoms with Crippen molar-refractivity contribution in [1.82, 2.24) is 9.80 Å². The van der Waals surface area contributed by atoms with Crippen molar-refractivity contribution >= 4 is 17.5 Å². The van der Waals surface area contributed by atoms with Crippen LogP contribution >= 0.6 is 0 Å². The van der Waals surface area contributed by atoms with Gasteiger partial charge in [0.15, 0.2) is 0 Å². The van der Waals surface area contributed by atoms with Gasteiger partial charge in [-0.15, -0.1) is 0 Å². The molecule has 5 nitrogen and oxygen atoms in total. The van der Waals surface area contributed by atoms with Crippen LogP contribution in [-0.4, -0.2) is 54.8 Å². The third-order valence-electron chi connectivity index (χ3n) is 7.20. The van der Waals surface area contributed by atoms with Crippen molar-refractivity contribution in [3.05, 3.63) is 65.2 Å². The number of amides is 2. The lowest BCUT2D eigenvalue weighted by molar-refractivity contribution is -0.116. The minimum atomic E-state index is 0.0305. The van der Waals surface area contributed by atoms with Crippen molar-refractivity contribution in [3.63, 3.8) is 0 Å². The summed E-state index contributed by atoms with van der Waals surface area (Å²) >= 11 is 0. The number of rotatable bonds is 7. The Morgan fingerprint density at radius 2 is 1.64 bits per heavy atom. The molecule has 0 atom stereocenters. The highest BCUT2D eigenvalue weighted by Crippen LogP contribution is 2.27. The minimum Gasteiger partial charge on any atom is -0.341 e. The Morgan fingerprint density at radius 1 is 0.944 bits per heavy atom. The SMILES string of the molecule is CC(=O)N1CCCCCCCN(CCC(C)C)Cc2cc(C(=O)N(C)CCc3ccccc3)ccc21. The summed E-state index contributed by atoms with van der Waals surface area (Å²) < 4.78 is 0. The maximum absolute atomic E-state index is 13.4. The van der Waals surface area contributed by atoms with Crippen LogP contribution in [0.25, 0.3) is 0 Å². The smallest absolute Gasteiger partial charge is 0.253 e. The summed E-state index contributed by atoms with van der Waals surface area (Å²) in [5, 5.41) is 0. The third-order valence-corrected chi connectivity index (χ3v) is 7.20. The summed E-state index contributed by atoms with van der Waals surface area (Å²) in [7, 11) is 1.88. The van der Waals surface area contributed by atoms with Crippen LogP contribution in [0.15, 0.2) is 48.5 Å². The topological polar surface area (TPSA) is 43.9 Å². The number of likely N-dealkylation sites (N-methyl/N-ethyl adjacent to an activating group) is 1. The van der Waals surface area contributed by atoms with E-state index in [-0.39, 0.29) is 11.8 Å². The molecule has 0 unspecified atom stereocenters. The van der Waals surface area contributed by atoms with E-state index >= 15 is 0 Å². The van der Waals surface area contributed by atoms with Crippen molar-refractivity contribution in [1.29, 1.82) is 0 Å². The molecule has 3 rings (SSSR count). The van der Waals surface area contributed by atoms with Gasteiger partial charge >= 0.3 is 0 Å². The molecule has 0 radical (unpaired) electrons. The predicted molar refractivity (Wildman–Crippen MR) is 149 cm³/mol. The van der Waals surface area contributed by atoms with Crippen molar-refractivity contribution in [2.75, 3.05) is 38.1 Å². The number of hydrogen-bond acceptors (Lipinski definition) is 3. The fourth-order valence-corrected chi connectivity index (χ4v) is 4.91. The summed E-state index contributed by atoms with van der Waals surface area (Å²) in [6.07, 6.45) is 7.79. The molecule has 0 spiro atoms. The first-order valence-electron chi connectivity index (χ1n) is 13.8. The van der Waals surface area contributed by atoms with E-state index in [1.807, 2.05) is 53.2 Å². The van der Waals surface area contributed by atoms with Gasteiger partial charge in [-0.1, -0.05) is 63.4 Å². The zero-order valence-corrected chi connectivity index (χ0v) is 22.8. The second-order valence-electron chi connectivity index (χ2n) is 10.7. The summed E-state index contributed by atoms with van der Waals surface area (Å²) in [6.45, 7) is 10.4. The lowest BCUT2D eigenvalue weighted by Crippen LogP contribution is -2.33. The highest BCUT2D eigenvalue weighted by molar-refractivity contribution is 5.97. The number of benzene rings is 2. The normalized spacial score (nSPS) is 15.6. The maximum Gasteiger partial charge on any atom is 0.253 e. The fraction of sp³-hybridized carbons (Fsp3) is 0.548. The fourth-order valence-electron chi connectivity index (χ4n) is 4.91. The molecule has 0 N–H and O–H groups in total. The zero-order chi connectivity index (χ0) is 25.9. The van der Waals surface area contributed by atoms with E-state index in [2.05, 4.69) is 30.9 Å². The van der Waals surface area contributed by atoms with Gasteiger partial charge in [0.25, 0.3) is 5.91 Å². The number of carbonyl (C=O) groups is 2. The molecule has 1 aliphatic rings. The van der Waals surface area contributed by atoms with E-state index in [0.29, 0.717) is 18.0 Å². The molecule has 2 aromatic rings. The first kappa shape index (κ1) is 27.9. The second kappa shape index (κ2) is 14.2. The highest BCUT2D eigenvalue weighted by Gasteiger charge is 2.21. The minimum absolute atomic E-state index is 0.0305. The monoisotopic (exact) mass is 491 g/mol. The standard InChI is InChI=1S/C31H45N3O2/c1-25(2)17-22-33-19-11-6-5-7-12-20-34(26(3)35)30-16-15-28(23-29(30)24-33)31(36)32(4)21-18-27-13-9-8-10-14-27/h8-10,13-16,23,25H,5-7,11-12,17-22,24H2,1-4H3. The molecule has 36 heavy (non-hydrogen) atoms. The molecular weight excluding hydrogens is 446 g/mol. The summed E-state index contributed by atoms with van der Waals surface area (Å²) in [6, 6.07) is 16.2. The van der Waals surface area contributed by atoms with Crippen molar-refractivity contribution in [2.45, 2.75) is 72.3 Å². The number of anilines is 1. The van der Waals surface area contributed by atoms with Crippen LogP contribution in [-0.2, 0) is 17.8 Å². The zero-order valence-electron chi connectivity index (χ0n) is 22.8. The molecule has 196 valence electrons.